The van der Waals surface area contributed by atoms with Crippen molar-refractivity contribution in [2.75, 3.05) is 19.6 Å². The molecule has 3 nitrogen and oxygen atoms in total. The molecule has 1 N–H and O–H groups in total. The topological polar surface area (TPSA) is 32.7 Å². The third-order valence-corrected chi connectivity index (χ3v) is 6.04. The lowest BCUT2D eigenvalue weighted by molar-refractivity contribution is -0.274. The van der Waals surface area contributed by atoms with Gasteiger partial charge in [-0.1, -0.05) is 38.3 Å². The molecule has 2 fully saturated rings. The zero-order chi connectivity index (χ0) is 19.5. The lowest BCUT2D eigenvalue weighted by Gasteiger charge is -2.43. The predicted octanol–water partition coefficient (Wildman–Crippen LogP) is 5.10. The van der Waals surface area contributed by atoms with Crippen molar-refractivity contribution >= 4 is 0 Å². The summed E-state index contributed by atoms with van der Waals surface area (Å²) in [6.07, 6.45) is 2.05. The maximum atomic E-state index is 12.6. The minimum Gasteiger partial charge on any atom is -0.406 e. The highest BCUT2D eigenvalue weighted by atomic mass is 19.4. The average Bonchev–Trinajstić information content (AvgIpc) is 2.59. The van der Waals surface area contributed by atoms with Crippen LogP contribution in [0, 0.1) is 5.92 Å². The maximum Gasteiger partial charge on any atom is 0.573 e. The Hall–Kier alpha value is -1.27. The summed E-state index contributed by atoms with van der Waals surface area (Å²) in [4.78, 5) is 2.36. The first-order valence-corrected chi connectivity index (χ1v) is 10.1. The number of ether oxygens (including phenoxy) is 1. The molecular weight excluding hydrogens is 355 g/mol. The van der Waals surface area contributed by atoms with Gasteiger partial charge in [-0.15, -0.1) is 13.2 Å². The molecule has 0 unspecified atom stereocenters. The van der Waals surface area contributed by atoms with Crippen LogP contribution >= 0.6 is 0 Å². The lowest BCUT2D eigenvalue weighted by Crippen LogP contribution is -2.46. The number of halogens is 3. The molecule has 1 aromatic carbocycles. The highest BCUT2D eigenvalue weighted by Crippen LogP contribution is 2.42. The molecule has 0 bridgehead atoms. The van der Waals surface area contributed by atoms with Crippen LogP contribution in [-0.2, 0) is 0 Å². The van der Waals surface area contributed by atoms with Gasteiger partial charge in [0.2, 0.25) is 0 Å². The fraction of sp³-hybridized carbons (Fsp3) is 0.714. The number of hydrogen-bond donors (Lipinski definition) is 1. The van der Waals surface area contributed by atoms with Gasteiger partial charge in [0.25, 0.3) is 0 Å². The Labute approximate surface area is 159 Å². The number of benzene rings is 1. The smallest absolute Gasteiger partial charge is 0.406 e. The van der Waals surface area contributed by atoms with Crippen molar-refractivity contribution in [3.8, 4) is 5.75 Å². The van der Waals surface area contributed by atoms with Crippen LogP contribution in [0.2, 0.25) is 0 Å². The number of alkyl halides is 3. The predicted molar refractivity (Wildman–Crippen MR) is 98.7 cm³/mol. The van der Waals surface area contributed by atoms with Crippen molar-refractivity contribution in [2.24, 2.45) is 5.92 Å². The van der Waals surface area contributed by atoms with Crippen LogP contribution in [0.4, 0.5) is 13.2 Å². The molecule has 1 saturated carbocycles. The number of rotatable bonds is 5. The molecule has 1 heterocycles. The normalized spacial score (nSPS) is 25.1. The third-order valence-electron chi connectivity index (χ3n) is 6.04. The molecule has 0 amide bonds. The summed E-state index contributed by atoms with van der Waals surface area (Å²) in [5.74, 6) is 0.191. The van der Waals surface area contributed by atoms with E-state index >= 15 is 0 Å². The summed E-state index contributed by atoms with van der Waals surface area (Å²) in [5.41, 5.74) is -0.130. The van der Waals surface area contributed by atoms with Gasteiger partial charge in [0.05, 0.1) is 5.60 Å². The highest BCUT2D eigenvalue weighted by Gasteiger charge is 2.40. The lowest BCUT2D eigenvalue weighted by atomic mass is 9.72. The van der Waals surface area contributed by atoms with E-state index in [2.05, 4.69) is 16.6 Å². The fourth-order valence-electron chi connectivity index (χ4n) is 4.74. The summed E-state index contributed by atoms with van der Waals surface area (Å²) in [6, 6.07) is 6.20. The first-order chi connectivity index (χ1) is 12.8. The van der Waals surface area contributed by atoms with Gasteiger partial charge in [-0.3, -0.25) is 0 Å². The highest BCUT2D eigenvalue weighted by molar-refractivity contribution is 5.33. The summed E-state index contributed by atoms with van der Waals surface area (Å²) in [6.45, 7) is 4.87. The summed E-state index contributed by atoms with van der Waals surface area (Å²) >= 11 is 0. The molecule has 6 heteroatoms. The Morgan fingerprint density at radius 1 is 1.22 bits per heavy atom. The van der Waals surface area contributed by atoms with E-state index in [-0.39, 0.29) is 11.7 Å². The van der Waals surface area contributed by atoms with Crippen LogP contribution in [0.15, 0.2) is 24.3 Å². The van der Waals surface area contributed by atoms with Crippen LogP contribution in [0.1, 0.15) is 63.4 Å². The SMILES string of the molecule is C[C@@H]1CCCN(C[C@H](c2cccc(OC(F)(F)F)c2)C2(O)CCCCC2)C1. The van der Waals surface area contributed by atoms with Gasteiger partial charge in [-0.2, -0.15) is 0 Å². The average molecular weight is 385 g/mol. The molecule has 1 aliphatic carbocycles. The Morgan fingerprint density at radius 2 is 1.96 bits per heavy atom. The second-order valence-electron chi connectivity index (χ2n) is 8.34. The van der Waals surface area contributed by atoms with Crippen molar-refractivity contribution < 1.29 is 23.0 Å². The Morgan fingerprint density at radius 3 is 2.63 bits per heavy atom. The van der Waals surface area contributed by atoms with Gasteiger partial charge in [-0.25, -0.2) is 0 Å². The quantitative estimate of drug-likeness (QED) is 0.766. The maximum absolute atomic E-state index is 12.6. The molecule has 2 atom stereocenters. The Balaban J connectivity index is 1.86. The fourth-order valence-corrected chi connectivity index (χ4v) is 4.74. The minimum absolute atomic E-state index is 0.208. The zero-order valence-corrected chi connectivity index (χ0v) is 16.0. The third kappa shape index (κ3) is 5.61. The van der Waals surface area contributed by atoms with Crippen molar-refractivity contribution in [3.05, 3.63) is 29.8 Å². The van der Waals surface area contributed by atoms with Crippen molar-refractivity contribution in [3.63, 3.8) is 0 Å². The molecule has 2 aliphatic rings. The second kappa shape index (κ2) is 8.39. The molecule has 27 heavy (non-hydrogen) atoms. The van der Waals surface area contributed by atoms with Crippen molar-refractivity contribution in [1.29, 1.82) is 0 Å². The second-order valence-corrected chi connectivity index (χ2v) is 8.34. The number of piperidine rings is 1. The molecular formula is C21H30F3NO2. The van der Waals surface area contributed by atoms with E-state index in [4.69, 9.17) is 0 Å². The summed E-state index contributed by atoms with van der Waals surface area (Å²) < 4.78 is 42.0. The number of nitrogens with zero attached hydrogens (tertiary/aromatic N) is 1. The van der Waals surface area contributed by atoms with E-state index in [9.17, 15) is 18.3 Å². The number of hydrogen-bond acceptors (Lipinski definition) is 3. The van der Waals surface area contributed by atoms with E-state index in [1.165, 1.54) is 18.6 Å². The Bertz CT molecular complexity index is 614. The van der Waals surface area contributed by atoms with Gasteiger partial charge in [0, 0.05) is 19.0 Å². The van der Waals surface area contributed by atoms with Crippen molar-refractivity contribution in [2.45, 2.75) is 69.8 Å². The number of likely N-dealkylation sites (tertiary alicyclic amines) is 1. The van der Waals surface area contributed by atoms with E-state index in [0.717, 1.165) is 44.3 Å². The van der Waals surface area contributed by atoms with Gasteiger partial charge in [-0.05, 0) is 55.8 Å². The molecule has 0 radical (unpaired) electrons. The van der Waals surface area contributed by atoms with E-state index in [1.807, 2.05) is 6.07 Å². The molecule has 0 spiro atoms. The standard InChI is InChI=1S/C21H30F3NO2/c1-16-7-6-12-25(14-16)15-19(20(26)10-3-2-4-11-20)17-8-5-9-18(13-17)27-21(22,23)24/h5,8-9,13,16,19,26H,2-4,6-7,10-12,14-15H2,1H3/t16-,19-/m1/s1. The van der Waals surface area contributed by atoms with Crippen LogP contribution in [0.3, 0.4) is 0 Å². The van der Waals surface area contributed by atoms with E-state index < -0.39 is 12.0 Å². The first kappa shape index (κ1) is 20.5. The van der Waals surface area contributed by atoms with Gasteiger partial charge < -0.3 is 14.7 Å². The summed E-state index contributed by atoms with van der Waals surface area (Å²) in [5, 5.41) is 11.4. The number of aliphatic hydroxyl groups is 1. The first-order valence-electron chi connectivity index (χ1n) is 10.1. The van der Waals surface area contributed by atoms with E-state index in [0.29, 0.717) is 25.3 Å². The molecule has 0 aromatic heterocycles. The largest absolute Gasteiger partial charge is 0.573 e. The van der Waals surface area contributed by atoms with Gasteiger partial charge in [0.15, 0.2) is 0 Å². The minimum atomic E-state index is -4.71. The van der Waals surface area contributed by atoms with Gasteiger partial charge in [0.1, 0.15) is 5.75 Å². The van der Waals surface area contributed by atoms with Crippen molar-refractivity contribution in [1.82, 2.24) is 4.90 Å². The monoisotopic (exact) mass is 385 g/mol. The van der Waals surface area contributed by atoms with Crippen LogP contribution in [0.25, 0.3) is 0 Å². The summed E-state index contributed by atoms with van der Waals surface area (Å²) in [7, 11) is 0. The van der Waals surface area contributed by atoms with Gasteiger partial charge >= 0.3 is 6.36 Å². The molecule has 3 rings (SSSR count). The molecule has 1 aliphatic heterocycles. The Kier molecular flexibility index (Phi) is 6.36. The molecule has 152 valence electrons. The zero-order valence-electron chi connectivity index (χ0n) is 16.0. The van der Waals surface area contributed by atoms with Crippen LogP contribution in [-0.4, -0.2) is 41.6 Å². The molecule has 1 saturated heterocycles. The molecule has 1 aromatic rings. The van der Waals surface area contributed by atoms with Crippen LogP contribution < -0.4 is 4.74 Å². The van der Waals surface area contributed by atoms with Crippen LogP contribution in [0.5, 0.6) is 5.75 Å². The van der Waals surface area contributed by atoms with E-state index in [1.54, 1.807) is 6.07 Å².